The smallest absolute Gasteiger partial charge is 0.227 e. The van der Waals surface area contributed by atoms with Crippen molar-refractivity contribution in [2.75, 3.05) is 5.32 Å². The molecule has 1 aromatic rings. The second-order valence-corrected chi connectivity index (χ2v) is 4.73. The first-order valence-electron chi connectivity index (χ1n) is 5.71. The fourth-order valence-electron chi connectivity index (χ4n) is 1.61. The van der Waals surface area contributed by atoms with E-state index < -0.39 is 0 Å². The van der Waals surface area contributed by atoms with Crippen LogP contribution in [0, 0.1) is 19.8 Å². The van der Waals surface area contributed by atoms with Crippen molar-refractivity contribution in [1.82, 2.24) is 9.78 Å². The summed E-state index contributed by atoms with van der Waals surface area (Å²) in [5.74, 6) is 0.0238. The molecule has 1 heterocycles. The van der Waals surface area contributed by atoms with E-state index in [1.54, 1.807) is 0 Å². The Hall–Kier alpha value is -1.32. The van der Waals surface area contributed by atoms with Crippen LogP contribution in [0.4, 0.5) is 5.69 Å². The Morgan fingerprint density at radius 2 is 1.81 bits per heavy atom. The van der Waals surface area contributed by atoms with Crippen molar-refractivity contribution in [3.05, 3.63) is 11.4 Å². The Kier molecular flexibility index (Phi) is 3.73. The van der Waals surface area contributed by atoms with Crippen LogP contribution < -0.4 is 5.32 Å². The van der Waals surface area contributed by atoms with Crippen molar-refractivity contribution >= 4 is 11.6 Å². The van der Waals surface area contributed by atoms with Crippen LogP contribution in [0.25, 0.3) is 0 Å². The molecule has 0 radical (unpaired) electrons. The summed E-state index contributed by atoms with van der Waals surface area (Å²) in [5.41, 5.74) is 2.74. The Morgan fingerprint density at radius 1 is 1.25 bits per heavy atom. The van der Waals surface area contributed by atoms with Crippen molar-refractivity contribution in [1.29, 1.82) is 0 Å². The summed E-state index contributed by atoms with van der Waals surface area (Å²) in [5, 5.41) is 7.35. The molecule has 0 spiro atoms. The largest absolute Gasteiger partial charge is 0.323 e. The minimum atomic E-state index is -0.0128. The van der Waals surface area contributed by atoms with Crippen LogP contribution in [-0.2, 0) is 4.79 Å². The van der Waals surface area contributed by atoms with E-state index in [9.17, 15) is 4.79 Å². The van der Waals surface area contributed by atoms with Gasteiger partial charge in [-0.3, -0.25) is 9.48 Å². The van der Waals surface area contributed by atoms with Gasteiger partial charge in [-0.25, -0.2) is 0 Å². The normalized spacial score (nSPS) is 11.2. The highest BCUT2D eigenvalue weighted by molar-refractivity contribution is 5.93. The van der Waals surface area contributed by atoms with Gasteiger partial charge in [0.05, 0.1) is 17.1 Å². The molecule has 0 unspecified atom stereocenters. The maximum atomic E-state index is 11.6. The van der Waals surface area contributed by atoms with E-state index in [4.69, 9.17) is 0 Å². The lowest BCUT2D eigenvalue weighted by Gasteiger charge is -2.10. The van der Waals surface area contributed by atoms with Gasteiger partial charge in [-0.2, -0.15) is 5.10 Å². The predicted molar refractivity (Wildman–Crippen MR) is 65.6 cm³/mol. The minimum Gasteiger partial charge on any atom is -0.323 e. The molecule has 16 heavy (non-hydrogen) atoms. The fraction of sp³-hybridized carbons (Fsp3) is 0.667. The maximum Gasteiger partial charge on any atom is 0.227 e. The van der Waals surface area contributed by atoms with E-state index in [1.165, 1.54) is 0 Å². The number of rotatable bonds is 3. The van der Waals surface area contributed by atoms with E-state index >= 15 is 0 Å². The molecule has 0 aliphatic carbocycles. The summed E-state index contributed by atoms with van der Waals surface area (Å²) in [4.78, 5) is 11.6. The summed E-state index contributed by atoms with van der Waals surface area (Å²) in [6, 6.07) is 0.309. The van der Waals surface area contributed by atoms with Crippen molar-refractivity contribution in [2.24, 2.45) is 5.92 Å². The first-order chi connectivity index (χ1) is 7.34. The molecule has 0 aliphatic heterocycles. The molecule has 0 aliphatic rings. The van der Waals surface area contributed by atoms with Gasteiger partial charge in [0.2, 0.25) is 5.91 Å². The zero-order valence-corrected chi connectivity index (χ0v) is 11.0. The molecule has 0 fully saturated rings. The minimum absolute atomic E-state index is 0.0128. The standard InChI is InChI=1S/C12H21N3O/c1-7(2)12(16)13-11-9(5)14-15(8(3)4)10(11)6/h7-8H,1-6H3,(H,13,16). The van der Waals surface area contributed by atoms with Crippen molar-refractivity contribution in [3.63, 3.8) is 0 Å². The molecule has 1 aromatic heterocycles. The number of nitrogens with zero attached hydrogens (tertiary/aromatic N) is 2. The monoisotopic (exact) mass is 223 g/mol. The average Bonchev–Trinajstić information content (AvgIpc) is 2.45. The highest BCUT2D eigenvalue weighted by Gasteiger charge is 2.16. The third-order valence-corrected chi connectivity index (χ3v) is 2.59. The first kappa shape index (κ1) is 12.7. The van der Waals surface area contributed by atoms with Gasteiger partial charge in [0.25, 0.3) is 0 Å². The summed E-state index contributed by atoms with van der Waals surface area (Å²) < 4.78 is 1.94. The van der Waals surface area contributed by atoms with Crippen LogP contribution in [-0.4, -0.2) is 15.7 Å². The molecule has 0 bridgehead atoms. The number of amides is 1. The Labute approximate surface area is 97.0 Å². The highest BCUT2D eigenvalue weighted by Crippen LogP contribution is 2.22. The summed E-state index contributed by atoms with van der Waals surface area (Å²) in [6.45, 7) is 11.8. The lowest BCUT2D eigenvalue weighted by atomic mass is 10.2. The fourth-order valence-corrected chi connectivity index (χ4v) is 1.61. The number of carbonyl (C=O) groups excluding carboxylic acids is 1. The zero-order valence-electron chi connectivity index (χ0n) is 11.0. The van der Waals surface area contributed by atoms with Crippen molar-refractivity contribution in [2.45, 2.75) is 47.6 Å². The third kappa shape index (κ3) is 2.43. The van der Waals surface area contributed by atoms with Gasteiger partial charge in [-0.1, -0.05) is 13.8 Å². The van der Waals surface area contributed by atoms with E-state index in [1.807, 2.05) is 32.4 Å². The van der Waals surface area contributed by atoms with Crippen LogP contribution >= 0.6 is 0 Å². The van der Waals surface area contributed by atoms with Gasteiger partial charge < -0.3 is 5.32 Å². The summed E-state index contributed by atoms with van der Waals surface area (Å²) in [7, 11) is 0. The number of hydrogen-bond donors (Lipinski definition) is 1. The van der Waals surface area contributed by atoms with Gasteiger partial charge in [-0.15, -0.1) is 0 Å². The lowest BCUT2D eigenvalue weighted by molar-refractivity contribution is -0.118. The molecule has 4 heteroatoms. The number of nitrogens with one attached hydrogen (secondary N) is 1. The quantitative estimate of drug-likeness (QED) is 0.856. The third-order valence-electron chi connectivity index (χ3n) is 2.59. The number of hydrogen-bond acceptors (Lipinski definition) is 2. The van der Waals surface area contributed by atoms with Crippen molar-refractivity contribution < 1.29 is 4.79 Å². The van der Waals surface area contributed by atoms with Gasteiger partial charge in [0, 0.05) is 12.0 Å². The first-order valence-corrected chi connectivity index (χ1v) is 5.71. The number of anilines is 1. The van der Waals surface area contributed by atoms with E-state index in [0.29, 0.717) is 6.04 Å². The Bertz CT molecular complexity index is 391. The number of aromatic nitrogens is 2. The molecular weight excluding hydrogens is 202 g/mol. The maximum absolute atomic E-state index is 11.6. The van der Waals surface area contributed by atoms with Crippen LogP contribution in [0.1, 0.15) is 45.1 Å². The molecule has 1 rings (SSSR count). The molecule has 4 nitrogen and oxygen atoms in total. The van der Waals surface area contributed by atoms with Crippen LogP contribution in [0.3, 0.4) is 0 Å². The van der Waals surface area contributed by atoms with E-state index in [-0.39, 0.29) is 11.8 Å². The molecule has 0 aromatic carbocycles. The summed E-state index contributed by atoms with van der Waals surface area (Å²) in [6.07, 6.45) is 0. The molecular formula is C12H21N3O. The molecule has 0 atom stereocenters. The highest BCUT2D eigenvalue weighted by atomic mass is 16.1. The van der Waals surface area contributed by atoms with Gasteiger partial charge >= 0.3 is 0 Å². The number of carbonyl (C=O) groups is 1. The second kappa shape index (κ2) is 4.68. The lowest BCUT2D eigenvalue weighted by Crippen LogP contribution is -2.18. The van der Waals surface area contributed by atoms with Gasteiger partial charge in [0.15, 0.2) is 0 Å². The molecule has 0 saturated carbocycles. The molecule has 1 amide bonds. The van der Waals surface area contributed by atoms with Crippen LogP contribution in [0.2, 0.25) is 0 Å². The van der Waals surface area contributed by atoms with Gasteiger partial charge in [0.1, 0.15) is 0 Å². The van der Waals surface area contributed by atoms with Gasteiger partial charge in [-0.05, 0) is 27.7 Å². The average molecular weight is 223 g/mol. The Morgan fingerprint density at radius 3 is 2.19 bits per heavy atom. The summed E-state index contributed by atoms with van der Waals surface area (Å²) >= 11 is 0. The second-order valence-electron chi connectivity index (χ2n) is 4.73. The molecule has 90 valence electrons. The SMILES string of the molecule is Cc1nn(C(C)C)c(C)c1NC(=O)C(C)C. The number of aryl methyl sites for hydroxylation is 1. The van der Waals surface area contributed by atoms with Crippen LogP contribution in [0.5, 0.6) is 0 Å². The predicted octanol–water partition coefficient (Wildman–Crippen LogP) is 2.68. The van der Waals surface area contributed by atoms with Crippen molar-refractivity contribution in [3.8, 4) is 0 Å². The molecule has 1 N–H and O–H groups in total. The van der Waals surface area contributed by atoms with E-state index in [0.717, 1.165) is 17.1 Å². The molecule has 0 saturated heterocycles. The zero-order chi connectivity index (χ0) is 12.5. The van der Waals surface area contributed by atoms with E-state index in [2.05, 4.69) is 24.3 Å². The van der Waals surface area contributed by atoms with Crippen LogP contribution in [0.15, 0.2) is 0 Å². The topological polar surface area (TPSA) is 46.9 Å². The Balaban J connectivity index is 3.01.